The van der Waals surface area contributed by atoms with Crippen LogP contribution in [0, 0.1) is 11.5 Å². The normalized spacial score (nSPS) is 11.7. The van der Waals surface area contributed by atoms with Gasteiger partial charge in [0.2, 0.25) is 0 Å². The molecule has 0 aliphatic carbocycles. The fourth-order valence-corrected chi connectivity index (χ4v) is 2.16. The lowest BCUT2D eigenvalue weighted by Gasteiger charge is -2.04. The van der Waals surface area contributed by atoms with E-state index in [1.165, 1.54) is 0 Å². The Bertz CT molecular complexity index is 624. The summed E-state index contributed by atoms with van der Waals surface area (Å²) in [7, 11) is -1.33. The Hall–Kier alpha value is -1.60. The van der Waals surface area contributed by atoms with Gasteiger partial charge in [0.15, 0.2) is 5.65 Å². The van der Waals surface area contributed by atoms with Gasteiger partial charge in [-0.05, 0) is 12.1 Å². The van der Waals surface area contributed by atoms with Gasteiger partial charge in [-0.1, -0.05) is 39.4 Å². The zero-order valence-electron chi connectivity index (χ0n) is 11.7. The zero-order chi connectivity index (χ0) is 13.3. The summed E-state index contributed by atoms with van der Waals surface area (Å²) in [5, 5.41) is 8.38. The number of rotatable bonds is 1. The highest BCUT2D eigenvalue weighted by molar-refractivity contribution is 6.83. The fraction of sp³-hybridized carbons (Fsp3) is 0.429. The van der Waals surface area contributed by atoms with Gasteiger partial charge < -0.3 is 0 Å². The molecule has 0 bridgehead atoms. The lowest BCUT2D eigenvalue weighted by atomic mass is 10.2. The van der Waals surface area contributed by atoms with E-state index >= 15 is 0 Å². The van der Waals surface area contributed by atoms with Crippen LogP contribution in [0.5, 0.6) is 0 Å². The van der Waals surface area contributed by atoms with Gasteiger partial charge in [-0.3, -0.25) is 4.40 Å². The molecule has 2 aromatic rings. The van der Waals surface area contributed by atoms with Crippen LogP contribution in [0.4, 0.5) is 0 Å². The summed E-state index contributed by atoms with van der Waals surface area (Å²) in [5.74, 6) is 4.62. The summed E-state index contributed by atoms with van der Waals surface area (Å²) in [6.07, 6.45) is 2.04. The summed E-state index contributed by atoms with van der Waals surface area (Å²) < 4.78 is 2.04. The van der Waals surface area contributed by atoms with Crippen molar-refractivity contribution in [2.24, 2.45) is 0 Å². The van der Waals surface area contributed by atoms with Crippen LogP contribution in [0.25, 0.3) is 5.65 Å². The largest absolute Gasteiger partial charge is 0.285 e. The maximum atomic E-state index is 4.22. The van der Waals surface area contributed by atoms with E-state index in [9.17, 15) is 0 Å². The highest BCUT2D eigenvalue weighted by Gasteiger charge is 2.10. The topological polar surface area (TPSA) is 30.2 Å². The first-order valence-corrected chi connectivity index (χ1v) is 9.75. The number of pyridine rings is 1. The average Bonchev–Trinajstić information content (AvgIpc) is 2.68. The molecule has 4 heteroatoms. The molecule has 0 atom stereocenters. The van der Waals surface area contributed by atoms with Crippen molar-refractivity contribution in [3.8, 4) is 11.5 Å². The molecule has 0 unspecified atom stereocenters. The quantitative estimate of drug-likeness (QED) is 0.580. The molecular weight excluding hydrogens is 238 g/mol. The summed E-state index contributed by atoms with van der Waals surface area (Å²) in [5.41, 5.74) is 5.30. The van der Waals surface area contributed by atoms with E-state index in [1.54, 1.807) is 0 Å². The van der Waals surface area contributed by atoms with Gasteiger partial charge in [-0.15, -0.1) is 15.7 Å². The maximum absolute atomic E-state index is 4.22. The number of fused-ring (bicyclic) bond motifs is 1. The minimum absolute atomic E-state index is 0.361. The van der Waals surface area contributed by atoms with E-state index in [0.29, 0.717) is 5.92 Å². The van der Waals surface area contributed by atoms with Gasteiger partial charge in [-0.2, -0.15) is 0 Å². The smallest absolute Gasteiger partial charge is 0.160 e. The first-order chi connectivity index (χ1) is 8.37. The molecule has 0 N–H and O–H groups in total. The molecule has 0 spiro atoms. The second-order valence-corrected chi connectivity index (χ2v) is 10.6. The molecule has 2 rings (SSSR count). The van der Waals surface area contributed by atoms with E-state index in [1.807, 2.05) is 22.7 Å². The Balaban J connectivity index is 2.48. The van der Waals surface area contributed by atoms with Gasteiger partial charge in [0.05, 0.1) is 0 Å². The molecular formula is C14H19N3Si. The number of aromatic nitrogens is 3. The molecule has 0 amide bonds. The standard InChI is InChI=1S/C14H19N3Si/c1-11(2)14-16-15-13-7-6-12(10-17(13)14)8-9-18(3,4)5/h6-7,10-11H,1-5H3. The van der Waals surface area contributed by atoms with Crippen molar-refractivity contribution >= 4 is 13.7 Å². The van der Waals surface area contributed by atoms with E-state index < -0.39 is 8.07 Å². The molecule has 0 radical (unpaired) electrons. The lowest BCUT2D eigenvalue weighted by molar-refractivity contribution is 0.759. The van der Waals surface area contributed by atoms with Crippen LogP contribution in [0.1, 0.15) is 31.2 Å². The first-order valence-electron chi connectivity index (χ1n) is 6.25. The Morgan fingerprint density at radius 2 is 1.89 bits per heavy atom. The van der Waals surface area contributed by atoms with Gasteiger partial charge >= 0.3 is 0 Å². The number of hydrogen-bond donors (Lipinski definition) is 0. The number of nitrogens with zero attached hydrogens (tertiary/aromatic N) is 3. The zero-order valence-corrected chi connectivity index (χ0v) is 12.7. The van der Waals surface area contributed by atoms with Gasteiger partial charge in [0, 0.05) is 17.7 Å². The Morgan fingerprint density at radius 3 is 2.50 bits per heavy atom. The third-order valence-corrected chi connectivity index (χ3v) is 3.40. The molecule has 0 fully saturated rings. The molecule has 2 heterocycles. The van der Waals surface area contributed by atoms with Crippen LogP contribution in [-0.2, 0) is 0 Å². The molecule has 0 saturated carbocycles. The fourth-order valence-electron chi connectivity index (χ4n) is 1.64. The summed E-state index contributed by atoms with van der Waals surface area (Å²) in [6.45, 7) is 11.0. The maximum Gasteiger partial charge on any atom is 0.160 e. The van der Waals surface area contributed by atoms with Crippen molar-refractivity contribution in [3.63, 3.8) is 0 Å². The highest BCUT2D eigenvalue weighted by atomic mass is 28.3. The molecule has 2 aromatic heterocycles. The van der Waals surface area contributed by atoms with Crippen molar-refractivity contribution in [2.45, 2.75) is 39.4 Å². The third kappa shape index (κ3) is 2.80. The minimum atomic E-state index is -1.33. The van der Waals surface area contributed by atoms with Crippen LogP contribution in [-0.4, -0.2) is 22.7 Å². The predicted octanol–water partition coefficient (Wildman–Crippen LogP) is 3.08. The van der Waals surface area contributed by atoms with Crippen molar-refractivity contribution < 1.29 is 0 Å². The average molecular weight is 257 g/mol. The summed E-state index contributed by atoms with van der Waals surface area (Å²) in [4.78, 5) is 0. The SMILES string of the molecule is CC(C)c1nnc2ccc(C#C[Si](C)(C)C)cn12. The Labute approximate surface area is 109 Å². The third-order valence-electron chi connectivity index (χ3n) is 2.53. The molecule has 3 nitrogen and oxygen atoms in total. The van der Waals surface area contributed by atoms with Crippen molar-refractivity contribution in [3.05, 3.63) is 29.7 Å². The van der Waals surface area contributed by atoms with E-state index in [0.717, 1.165) is 17.0 Å². The van der Waals surface area contributed by atoms with E-state index in [-0.39, 0.29) is 0 Å². The van der Waals surface area contributed by atoms with Gasteiger partial charge in [-0.25, -0.2) is 0 Å². The second-order valence-electron chi connectivity index (χ2n) is 5.86. The first kappa shape index (κ1) is 12.8. The molecule has 0 aromatic carbocycles. The Morgan fingerprint density at radius 1 is 1.17 bits per heavy atom. The van der Waals surface area contributed by atoms with Gasteiger partial charge in [0.25, 0.3) is 0 Å². The monoisotopic (exact) mass is 257 g/mol. The van der Waals surface area contributed by atoms with E-state index in [4.69, 9.17) is 0 Å². The molecule has 0 saturated heterocycles. The molecule has 94 valence electrons. The Kier molecular flexibility index (Phi) is 3.27. The van der Waals surface area contributed by atoms with Crippen LogP contribution in [0.3, 0.4) is 0 Å². The van der Waals surface area contributed by atoms with Crippen molar-refractivity contribution in [1.82, 2.24) is 14.6 Å². The van der Waals surface area contributed by atoms with Crippen LogP contribution in [0.15, 0.2) is 18.3 Å². The second kappa shape index (κ2) is 4.58. The van der Waals surface area contributed by atoms with Crippen LogP contribution < -0.4 is 0 Å². The van der Waals surface area contributed by atoms with Crippen molar-refractivity contribution in [2.75, 3.05) is 0 Å². The van der Waals surface area contributed by atoms with Gasteiger partial charge in [0.1, 0.15) is 13.9 Å². The minimum Gasteiger partial charge on any atom is -0.285 e. The summed E-state index contributed by atoms with van der Waals surface area (Å²) >= 11 is 0. The van der Waals surface area contributed by atoms with Crippen LogP contribution >= 0.6 is 0 Å². The molecule has 0 aliphatic rings. The highest BCUT2D eigenvalue weighted by Crippen LogP contribution is 2.14. The van der Waals surface area contributed by atoms with Crippen LogP contribution in [0.2, 0.25) is 19.6 Å². The molecule has 18 heavy (non-hydrogen) atoms. The predicted molar refractivity (Wildman–Crippen MR) is 77.3 cm³/mol. The van der Waals surface area contributed by atoms with Crippen molar-refractivity contribution in [1.29, 1.82) is 0 Å². The lowest BCUT2D eigenvalue weighted by Crippen LogP contribution is -2.16. The summed E-state index contributed by atoms with van der Waals surface area (Å²) in [6, 6.07) is 3.99. The number of hydrogen-bond acceptors (Lipinski definition) is 2. The van der Waals surface area contributed by atoms with E-state index in [2.05, 4.69) is 55.2 Å². The molecule has 0 aliphatic heterocycles.